The summed E-state index contributed by atoms with van der Waals surface area (Å²) in [4.78, 5) is 21.6. The van der Waals surface area contributed by atoms with Crippen LogP contribution in [0.5, 0.6) is 0 Å². The summed E-state index contributed by atoms with van der Waals surface area (Å²) in [5.74, 6) is -1.56. The van der Waals surface area contributed by atoms with Gasteiger partial charge < -0.3 is 21.3 Å². The fraction of sp³-hybridized carbons (Fsp3) is 0.600. The number of esters is 1. The van der Waals surface area contributed by atoms with E-state index in [1.165, 1.54) is 6.08 Å². The van der Waals surface area contributed by atoms with Crippen molar-refractivity contribution >= 4 is 11.9 Å². The zero-order valence-electron chi connectivity index (χ0n) is 9.09. The Morgan fingerprint density at radius 3 is 2.38 bits per heavy atom. The lowest BCUT2D eigenvalue weighted by Gasteiger charge is -2.11. The van der Waals surface area contributed by atoms with Crippen molar-refractivity contribution in [2.45, 2.75) is 31.3 Å². The van der Waals surface area contributed by atoms with E-state index in [0.29, 0.717) is 12.8 Å². The van der Waals surface area contributed by atoms with E-state index >= 15 is 0 Å². The summed E-state index contributed by atoms with van der Waals surface area (Å²) in [6.07, 6.45) is 2.57. The highest BCUT2D eigenvalue weighted by Gasteiger charge is 2.16. The van der Waals surface area contributed by atoms with Crippen molar-refractivity contribution < 1.29 is 19.4 Å². The fourth-order valence-corrected chi connectivity index (χ4v) is 1.05. The fourth-order valence-electron chi connectivity index (χ4n) is 1.05. The van der Waals surface area contributed by atoms with E-state index in [9.17, 15) is 9.59 Å². The number of nitrogens with two attached hydrogens (primary N) is 2. The molecule has 2 atom stereocenters. The van der Waals surface area contributed by atoms with E-state index in [4.69, 9.17) is 21.3 Å². The molecule has 0 spiro atoms. The van der Waals surface area contributed by atoms with Gasteiger partial charge >= 0.3 is 11.9 Å². The van der Waals surface area contributed by atoms with E-state index in [0.717, 1.165) is 0 Å². The van der Waals surface area contributed by atoms with Crippen LogP contribution >= 0.6 is 0 Å². The average molecular weight is 230 g/mol. The highest BCUT2D eigenvalue weighted by Crippen LogP contribution is 2.03. The van der Waals surface area contributed by atoms with Crippen LogP contribution < -0.4 is 11.5 Å². The number of carbonyl (C=O) groups excluding carboxylic acids is 1. The SMILES string of the molecule is C=CCOC(=O)C(N)CCC[C@H](N)C(=O)O. The summed E-state index contributed by atoms with van der Waals surface area (Å²) in [5.41, 5.74) is 10.8. The highest BCUT2D eigenvalue weighted by molar-refractivity contribution is 5.75. The van der Waals surface area contributed by atoms with Crippen molar-refractivity contribution in [1.82, 2.24) is 0 Å². The minimum Gasteiger partial charge on any atom is -0.480 e. The molecule has 0 saturated heterocycles. The second-order valence-corrected chi connectivity index (χ2v) is 3.40. The summed E-state index contributed by atoms with van der Waals surface area (Å²) in [6.45, 7) is 3.52. The highest BCUT2D eigenvalue weighted by atomic mass is 16.5. The first-order valence-electron chi connectivity index (χ1n) is 5.00. The molecule has 6 heteroatoms. The maximum atomic E-state index is 11.2. The van der Waals surface area contributed by atoms with Gasteiger partial charge in [-0.25, -0.2) is 0 Å². The van der Waals surface area contributed by atoms with Gasteiger partial charge in [-0.2, -0.15) is 0 Å². The van der Waals surface area contributed by atoms with Gasteiger partial charge in [0, 0.05) is 0 Å². The van der Waals surface area contributed by atoms with Crippen molar-refractivity contribution in [2.75, 3.05) is 6.61 Å². The molecule has 0 rings (SSSR count). The van der Waals surface area contributed by atoms with E-state index in [1.54, 1.807) is 0 Å². The molecule has 0 saturated carbocycles. The molecule has 0 bridgehead atoms. The van der Waals surface area contributed by atoms with Crippen LogP contribution in [-0.2, 0) is 14.3 Å². The Morgan fingerprint density at radius 1 is 1.31 bits per heavy atom. The Kier molecular flexibility index (Phi) is 7.15. The minimum atomic E-state index is -1.05. The Hall–Kier alpha value is -1.40. The summed E-state index contributed by atoms with van der Waals surface area (Å²) in [7, 11) is 0. The zero-order valence-corrected chi connectivity index (χ0v) is 9.09. The molecule has 92 valence electrons. The van der Waals surface area contributed by atoms with Crippen molar-refractivity contribution in [3.05, 3.63) is 12.7 Å². The monoisotopic (exact) mass is 230 g/mol. The maximum absolute atomic E-state index is 11.2. The zero-order chi connectivity index (χ0) is 12.6. The van der Waals surface area contributed by atoms with Gasteiger partial charge in [-0.15, -0.1) is 0 Å². The molecule has 0 amide bonds. The Morgan fingerprint density at radius 2 is 1.88 bits per heavy atom. The second-order valence-electron chi connectivity index (χ2n) is 3.40. The molecule has 1 unspecified atom stereocenters. The van der Waals surface area contributed by atoms with Gasteiger partial charge in [-0.05, 0) is 19.3 Å². The summed E-state index contributed by atoms with van der Waals surface area (Å²) >= 11 is 0. The molecule has 0 radical (unpaired) electrons. The van der Waals surface area contributed by atoms with Crippen LogP contribution in [0.3, 0.4) is 0 Å². The number of ether oxygens (including phenoxy) is 1. The molecule has 0 aliphatic carbocycles. The number of carbonyl (C=O) groups is 2. The molecule has 0 aliphatic rings. The third-order valence-electron chi connectivity index (χ3n) is 1.99. The van der Waals surface area contributed by atoms with Crippen LogP contribution in [0.15, 0.2) is 12.7 Å². The van der Waals surface area contributed by atoms with Crippen LogP contribution in [0.25, 0.3) is 0 Å². The molecule has 0 aromatic rings. The Labute approximate surface area is 94.2 Å². The maximum Gasteiger partial charge on any atom is 0.323 e. The quantitative estimate of drug-likeness (QED) is 0.387. The van der Waals surface area contributed by atoms with Gasteiger partial charge in [0.2, 0.25) is 0 Å². The van der Waals surface area contributed by atoms with Crippen LogP contribution in [0, 0.1) is 0 Å². The third kappa shape index (κ3) is 6.15. The summed E-state index contributed by atoms with van der Waals surface area (Å²) < 4.78 is 4.73. The molecule has 0 fully saturated rings. The molecule has 0 aromatic heterocycles. The lowest BCUT2D eigenvalue weighted by molar-refractivity contribution is -0.144. The Bertz CT molecular complexity index is 255. The predicted molar refractivity (Wildman–Crippen MR) is 58.6 cm³/mol. The third-order valence-corrected chi connectivity index (χ3v) is 1.99. The smallest absolute Gasteiger partial charge is 0.323 e. The van der Waals surface area contributed by atoms with Crippen LogP contribution in [0.4, 0.5) is 0 Å². The van der Waals surface area contributed by atoms with Crippen molar-refractivity contribution in [3.8, 4) is 0 Å². The first-order chi connectivity index (χ1) is 7.49. The van der Waals surface area contributed by atoms with Crippen molar-refractivity contribution in [2.24, 2.45) is 11.5 Å². The molecule has 0 aromatic carbocycles. The van der Waals surface area contributed by atoms with E-state index in [-0.39, 0.29) is 13.0 Å². The molecule has 0 heterocycles. The normalized spacial score (nSPS) is 13.9. The van der Waals surface area contributed by atoms with E-state index < -0.39 is 24.0 Å². The van der Waals surface area contributed by atoms with Crippen LogP contribution in [0.1, 0.15) is 19.3 Å². The van der Waals surface area contributed by atoms with E-state index in [2.05, 4.69) is 6.58 Å². The number of rotatable bonds is 8. The standard InChI is InChI=1S/C10H18N2O4/c1-2-6-16-10(15)8(12)5-3-4-7(11)9(13)14/h2,7-8H,1,3-6,11-12H2,(H,13,14)/t7-,8?/m0/s1. The molecule has 16 heavy (non-hydrogen) atoms. The van der Waals surface area contributed by atoms with Gasteiger partial charge in [-0.3, -0.25) is 9.59 Å². The molecular weight excluding hydrogens is 212 g/mol. The topological polar surface area (TPSA) is 116 Å². The lowest BCUT2D eigenvalue weighted by Crippen LogP contribution is -2.34. The largest absolute Gasteiger partial charge is 0.480 e. The van der Waals surface area contributed by atoms with Gasteiger partial charge in [0.25, 0.3) is 0 Å². The average Bonchev–Trinajstić information content (AvgIpc) is 2.25. The molecular formula is C10H18N2O4. The first-order valence-corrected chi connectivity index (χ1v) is 5.00. The van der Waals surface area contributed by atoms with Gasteiger partial charge in [0.15, 0.2) is 0 Å². The number of carboxylic acids is 1. The van der Waals surface area contributed by atoms with Gasteiger partial charge in [-0.1, -0.05) is 12.7 Å². The van der Waals surface area contributed by atoms with E-state index in [1.807, 2.05) is 0 Å². The number of hydrogen-bond acceptors (Lipinski definition) is 5. The minimum absolute atomic E-state index is 0.126. The molecule has 0 aliphatic heterocycles. The predicted octanol–water partition coefficient (Wildman–Crippen LogP) is -0.375. The van der Waals surface area contributed by atoms with Crippen molar-refractivity contribution in [3.63, 3.8) is 0 Å². The van der Waals surface area contributed by atoms with Gasteiger partial charge in [0.1, 0.15) is 18.7 Å². The molecule has 5 N–H and O–H groups in total. The van der Waals surface area contributed by atoms with Crippen LogP contribution in [0.2, 0.25) is 0 Å². The number of hydrogen-bond donors (Lipinski definition) is 3. The second kappa shape index (κ2) is 7.84. The Balaban J connectivity index is 3.72. The number of aliphatic carboxylic acids is 1. The van der Waals surface area contributed by atoms with Gasteiger partial charge in [0.05, 0.1) is 0 Å². The lowest BCUT2D eigenvalue weighted by atomic mass is 10.1. The first kappa shape index (κ1) is 14.6. The molecule has 6 nitrogen and oxygen atoms in total. The van der Waals surface area contributed by atoms with Crippen LogP contribution in [-0.4, -0.2) is 35.7 Å². The summed E-state index contributed by atoms with van der Waals surface area (Å²) in [5, 5.41) is 8.51. The number of carboxylic acid groups (broad SMARTS) is 1. The van der Waals surface area contributed by atoms with Crippen molar-refractivity contribution in [1.29, 1.82) is 0 Å². The summed E-state index contributed by atoms with van der Waals surface area (Å²) in [6, 6.07) is -1.64.